The molecule has 0 fully saturated rings. The van der Waals surface area contributed by atoms with Crippen molar-refractivity contribution in [1.82, 2.24) is 4.98 Å². The minimum atomic E-state index is -2.12. The largest absolute Gasteiger partial charge is 0.495 e. The number of methoxy groups -OCH3 is 1. The molecule has 4 nitrogen and oxygen atoms in total. The number of nitrogens with zero attached hydrogens (tertiary/aromatic N) is 2. The van der Waals surface area contributed by atoms with Gasteiger partial charge >= 0.3 is 0 Å². The standard InChI is InChI=1S/C9H14N2O2S/c1-4-14(3,12)11-9-6-5-8(13-2)7-10-9/h5-7H,4H2,1-3H3/t14-/m0/s1. The minimum Gasteiger partial charge on any atom is -0.495 e. The molecule has 1 atom stereocenters. The molecule has 0 N–H and O–H groups in total. The van der Waals surface area contributed by atoms with Gasteiger partial charge in [-0.3, -0.25) is 0 Å². The maximum Gasteiger partial charge on any atom is 0.161 e. The SMILES string of the molecule is CC[S@](C)(=O)=Nc1ccc(OC)cn1. The van der Waals surface area contributed by atoms with E-state index in [9.17, 15) is 4.21 Å². The van der Waals surface area contributed by atoms with Crippen molar-refractivity contribution >= 4 is 15.5 Å². The van der Waals surface area contributed by atoms with Gasteiger partial charge in [0.05, 0.1) is 23.0 Å². The third-order valence-electron chi connectivity index (χ3n) is 1.78. The molecule has 1 aromatic heterocycles. The predicted octanol–water partition coefficient (Wildman–Crippen LogP) is 1.84. The van der Waals surface area contributed by atoms with Gasteiger partial charge in [-0.05, 0) is 12.1 Å². The average Bonchev–Trinajstić information content (AvgIpc) is 2.19. The lowest BCUT2D eigenvalue weighted by molar-refractivity contribution is 0.413. The molecule has 5 heteroatoms. The maximum atomic E-state index is 11.6. The van der Waals surface area contributed by atoms with Crippen LogP contribution in [0.15, 0.2) is 22.7 Å². The first-order valence-electron chi connectivity index (χ1n) is 4.27. The highest BCUT2D eigenvalue weighted by Gasteiger charge is 1.99. The van der Waals surface area contributed by atoms with Crippen molar-refractivity contribution in [3.8, 4) is 5.75 Å². The first kappa shape index (κ1) is 11.0. The normalized spacial score (nSPS) is 14.5. The van der Waals surface area contributed by atoms with Crippen molar-refractivity contribution in [2.75, 3.05) is 19.1 Å². The van der Waals surface area contributed by atoms with E-state index in [1.807, 2.05) is 6.92 Å². The van der Waals surface area contributed by atoms with Gasteiger partial charge in [0.15, 0.2) is 5.82 Å². The molecule has 0 aliphatic rings. The number of hydrogen-bond acceptors (Lipinski definition) is 4. The highest BCUT2D eigenvalue weighted by Crippen LogP contribution is 2.15. The second-order valence-electron chi connectivity index (χ2n) is 2.90. The molecule has 78 valence electrons. The zero-order chi connectivity index (χ0) is 10.6. The zero-order valence-electron chi connectivity index (χ0n) is 8.56. The van der Waals surface area contributed by atoms with E-state index in [1.54, 1.807) is 31.7 Å². The highest BCUT2D eigenvalue weighted by molar-refractivity contribution is 7.93. The van der Waals surface area contributed by atoms with E-state index in [0.717, 1.165) is 0 Å². The predicted molar refractivity (Wildman–Crippen MR) is 57.5 cm³/mol. The van der Waals surface area contributed by atoms with Gasteiger partial charge in [-0.2, -0.15) is 4.36 Å². The van der Waals surface area contributed by atoms with E-state index >= 15 is 0 Å². The van der Waals surface area contributed by atoms with Gasteiger partial charge in [-0.15, -0.1) is 0 Å². The Morgan fingerprint density at radius 2 is 2.29 bits per heavy atom. The molecule has 0 aliphatic carbocycles. The van der Waals surface area contributed by atoms with E-state index in [-0.39, 0.29) is 0 Å². The summed E-state index contributed by atoms with van der Waals surface area (Å²) in [6.45, 7) is 1.84. The first-order valence-corrected chi connectivity index (χ1v) is 6.36. The second-order valence-corrected chi connectivity index (χ2v) is 5.57. The Morgan fingerprint density at radius 3 is 2.71 bits per heavy atom. The van der Waals surface area contributed by atoms with Crippen molar-refractivity contribution in [3.05, 3.63) is 18.3 Å². The first-order chi connectivity index (χ1) is 6.57. The van der Waals surface area contributed by atoms with Crippen LogP contribution in [0.2, 0.25) is 0 Å². The lowest BCUT2D eigenvalue weighted by atomic mass is 10.4. The molecule has 0 radical (unpaired) electrons. The van der Waals surface area contributed by atoms with Gasteiger partial charge in [0.25, 0.3) is 0 Å². The number of aromatic nitrogens is 1. The Balaban J connectivity index is 3.00. The van der Waals surface area contributed by atoms with Crippen molar-refractivity contribution in [3.63, 3.8) is 0 Å². The number of pyridine rings is 1. The van der Waals surface area contributed by atoms with E-state index in [1.165, 1.54) is 0 Å². The van der Waals surface area contributed by atoms with Crippen LogP contribution in [0.5, 0.6) is 5.75 Å². The molecule has 0 aromatic carbocycles. The summed E-state index contributed by atoms with van der Waals surface area (Å²) in [5.41, 5.74) is 0. The fourth-order valence-corrected chi connectivity index (χ4v) is 1.44. The van der Waals surface area contributed by atoms with E-state index in [4.69, 9.17) is 4.74 Å². The number of hydrogen-bond donors (Lipinski definition) is 0. The summed E-state index contributed by atoms with van der Waals surface area (Å²) in [4.78, 5) is 4.01. The summed E-state index contributed by atoms with van der Waals surface area (Å²) < 4.78 is 20.6. The van der Waals surface area contributed by atoms with Crippen molar-refractivity contribution < 1.29 is 8.95 Å². The van der Waals surface area contributed by atoms with Gasteiger partial charge in [0.2, 0.25) is 0 Å². The molecule has 0 aliphatic heterocycles. The fourth-order valence-electron chi connectivity index (χ4n) is 0.810. The summed E-state index contributed by atoms with van der Waals surface area (Å²) >= 11 is 0. The molecule has 0 saturated carbocycles. The van der Waals surface area contributed by atoms with Crippen LogP contribution in [0, 0.1) is 0 Å². The summed E-state index contributed by atoms with van der Waals surface area (Å²) in [5, 5.41) is 0. The van der Waals surface area contributed by atoms with Crippen LogP contribution < -0.4 is 4.74 Å². The van der Waals surface area contributed by atoms with Crippen LogP contribution in [0.4, 0.5) is 5.82 Å². The molecule has 1 rings (SSSR count). The molecule has 0 unspecified atom stereocenters. The minimum absolute atomic E-state index is 0.486. The molecule has 0 saturated heterocycles. The quantitative estimate of drug-likeness (QED) is 0.771. The molecular formula is C9H14N2O2S. The third kappa shape index (κ3) is 2.99. The van der Waals surface area contributed by atoms with Crippen molar-refractivity contribution in [2.24, 2.45) is 4.36 Å². The molecule has 1 heterocycles. The van der Waals surface area contributed by atoms with Crippen LogP contribution in [0.3, 0.4) is 0 Å². The monoisotopic (exact) mass is 214 g/mol. The van der Waals surface area contributed by atoms with Crippen LogP contribution in [0.25, 0.3) is 0 Å². The van der Waals surface area contributed by atoms with Gasteiger partial charge in [-0.25, -0.2) is 9.19 Å². The number of ether oxygens (including phenoxy) is 1. The van der Waals surface area contributed by atoms with Crippen LogP contribution >= 0.6 is 0 Å². The maximum absolute atomic E-state index is 11.6. The lowest BCUT2D eigenvalue weighted by Crippen LogP contribution is -1.98. The van der Waals surface area contributed by atoms with E-state index in [2.05, 4.69) is 9.35 Å². The Bertz CT molecular complexity index is 405. The Hall–Kier alpha value is -1.10. The van der Waals surface area contributed by atoms with Crippen LogP contribution in [-0.2, 0) is 9.73 Å². The summed E-state index contributed by atoms with van der Waals surface area (Å²) in [7, 11) is -0.548. The summed E-state index contributed by atoms with van der Waals surface area (Å²) in [5.74, 6) is 1.68. The third-order valence-corrected chi connectivity index (χ3v) is 3.42. The molecule has 14 heavy (non-hydrogen) atoms. The molecule has 1 aromatic rings. The molecule has 0 amide bonds. The van der Waals surface area contributed by atoms with Gasteiger partial charge in [-0.1, -0.05) is 6.92 Å². The Labute approximate surface area is 84.5 Å². The topological polar surface area (TPSA) is 51.5 Å². The lowest BCUT2D eigenvalue weighted by Gasteiger charge is -2.00. The Kier molecular flexibility index (Phi) is 3.46. The van der Waals surface area contributed by atoms with Gasteiger partial charge in [0, 0.05) is 12.0 Å². The molecular weight excluding hydrogens is 200 g/mol. The van der Waals surface area contributed by atoms with Gasteiger partial charge < -0.3 is 4.74 Å². The second kappa shape index (κ2) is 4.41. The molecule has 0 spiro atoms. The van der Waals surface area contributed by atoms with Crippen LogP contribution in [0.1, 0.15) is 6.92 Å². The summed E-state index contributed by atoms with van der Waals surface area (Å²) in [6.07, 6.45) is 3.18. The van der Waals surface area contributed by atoms with Crippen LogP contribution in [-0.4, -0.2) is 28.3 Å². The summed E-state index contributed by atoms with van der Waals surface area (Å²) in [6, 6.07) is 3.44. The van der Waals surface area contributed by atoms with E-state index in [0.29, 0.717) is 17.3 Å². The zero-order valence-corrected chi connectivity index (χ0v) is 9.37. The molecule has 0 bridgehead atoms. The smallest absolute Gasteiger partial charge is 0.161 e. The highest BCUT2D eigenvalue weighted by atomic mass is 32.2. The number of rotatable bonds is 3. The van der Waals surface area contributed by atoms with Crippen molar-refractivity contribution in [1.29, 1.82) is 0 Å². The van der Waals surface area contributed by atoms with Gasteiger partial charge in [0.1, 0.15) is 5.75 Å². The fraction of sp³-hybridized carbons (Fsp3) is 0.444. The van der Waals surface area contributed by atoms with E-state index < -0.39 is 9.73 Å². The average molecular weight is 214 g/mol. The Morgan fingerprint density at radius 1 is 1.57 bits per heavy atom. The van der Waals surface area contributed by atoms with Crippen molar-refractivity contribution in [2.45, 2.75) is 6.92 Å².